The predicted molar refractivity (Wildman–Crippen MR) is 97.9 cm³/mol. The molecule has 1 heterocycles. The van der Waals surface area contributed by atoms with Crippen molar-refractivity contribution in [3.63, 3.8) is 0 Å². The molecular weight excluding hydrogens is 351 g/mol. The molecule has 0 saturated carbocycles. The van der Waals surface area contributed by atoms with Gasteiger partial charge in [-0.1, -0.05) is 30.3 Å². The normalized spacial score (nSPS) is 19.1. The first-order chi connectivity index (χ1) is 12.9. The summed E-state index contributed by atoms with van der Waals surface area (Å²) in [4.78, 5) is 25.2. The van der Waals surface area contributed by atoms with Gasteiger partial charge in [0.25, 0.3) is 0 Å². The van der Waals surface area contributed by atoms with Gasteiger partial charge in [-0.25, -0.2) is 9.18 Å². The Kier molecular flexibility index (Phi) is 5.71. The summed E-state index contributed by atoms with van der Waals surface area (Å²) in [6.07, 6.45) is -1.27. The second kappa shape index (κ2) is 8.18. The quantitative estimate of drug-likeness (QED) is 0.843. The minimum absolute atomic E-state index is 0.128. The monoisotopic (exact) mass is 372 g/mol. The number of likely N-dealkylation sites (tertiary alicyclic amines) is 1. The molecular formula is C20H21FN2O4. The third-order valence-electron chi connectivity index (χ3n) is 4.57. The molecule has 1 fully saturated rings. The van der Waals surface area contributed by atoms with Crippen LogP contribution >= 0.6 is 0 Å². The number of amides is 2. The number of rotatable bonds is 5. The van der Waals surface area contributed by atoms with Crippen molar-refractivity contribution in [2.45, 2.75) is 32.1 Å². The molecule has 0 spiro atoms. The molecule has 6 nitrogen and oxygen atoms in total. The zero-order chi connectivity index (χ0) is 19.4. The second-order valence-electron chi connectivity index (χ2n) is 6.56. The Balaban J connectivity index is 1.64. The summed E-state index contributed by atoms with van der Waals surface area (Å²) in [5.74, 6) is -0.815. The van der Waals surface area contributed by atoms with E-state index in [-0.39, 0.29) is 24.9 Å². The van der Waals surface area contributed by atoms with E-state index in [1.807, 2.05) is 30.3 Å². The lowest BCUT2D eigenvalue weighted by atomic mass is 10.1. The van der Waals surface area contributed by atoms with Crippen LogP contribution in [0.3, 0.4) is 0 Å². The van der Waals surface area contributed by atoms with Crippen LogP contribution in [0.4, 0.5) is 14.9 Å². The molecule has 27 heavy (non-hydrogen) atoms. The summed E-state index contributed by atoms with van der Waals surface area (Å²) in [7, 11) is 0. The number of benzene rings is 2. The number of hydrogen-bond acceptors (Lipinski definition) is 3. The summed E-state index contributed by atoms with van der Waals surface area (Å²) < 4.78 is 19.2. The van der Waals surface area contributed by atoms with E-state index in [1.165, 1.54) is 18.2 Å². The lowest BCUT2D eigenvalue weighted by molar-refractivity contribution is -0.120. The third-order valence-corrected chi connectivity index (χ3v) is 4.57. The first kappa shape index (κ1) is 18.8. The highest BCUT2D eigenvalue weighted by Crippen LogP contribution is 2.23. The molecule has 2 amide bonds. The van der Waals surface area contributed by atoms with Gasteiger partial charge in [0.1, 0.15) is 11.9 Å². The van der Waals surface area contributed by atoms with Crippen LogP contribution < -0.4 is 5.32 Å². The van der Waals surface area contributed by atoms with Gasteiger partial charge in [-0.05, 0) is 36.2 Å². The van der Waals surface area contributed by atoms with Gasteiger partial charge in [0.05, 0.1) is 19.3 Å². The Hall–Kier alpha value is -2.93. The van der Waals surface area contributed by atoms with Crippen LogP contribution in [0.5, 0.6) is 0 Å². The van der Waals surface area contributed by atoms with Crippen molar-refractivity contribution >= 4 is 17.7 Å². The smallest absolute Gasteiger partial charge is 0.408 e. The average Bonchev–Trinajstić information content (AvgIpc) is 3.09. The number of aryl methyl sites for hydroxylation is 1. The van der Waals surface area contributed by atoms with Crippen LogP contribution in [0.25, 0.3) is 0 Å². The number of hydrogen-bond donors (Lipinski definition) is 2. The van der Waals surface area contributed by atoms with Gasteiger partial charge >= 0.3 is 6.09 Å². The van der Waals surface area contributed by atoms with Crippen molar-refractivity contribution in [2.24, 2.45) is 0 Å². The number of carbonyl (C=O) groups is 2. The first-order valence-corrected chi connectivity index (χ1v) is 8.66. The van der Waals surface area contributed by atoms with Crippen molar-refractivity contribution in [2.75, 3.05) is 11.9 Å². The maximum Gasteiger partial charge on any atom is 0.408 e. The molecule has 2 aromatic carbocycles. The fourth-order valence-electron chi connectivity index (χ4n) is 3.11. The predicted octanol–water partition coefficient (Wildman–Crippen LogP) is 3.41. The van der Waals surface area contributed by atoms with Crippen molar-refractivity contribution in [3.05, 3.63) is 65.5 Å². The minimum Gasteiger partial charge on any atom is -0.465 e. The Bertz CT molecular complexity index is 828. The molecule has 0 bridgehead atoms. The maximum absolute atomic E-state index is 13.4. The summed E-state index contributed by atoms with van der Waals surface area (Å²) in [6, 6.07) is 12.9. The summed E-state index contributed by atoms with van der Waals surface area (Å²) >= 11 is 0. The van der Waals surface area contributed by atoms with Crippen LogP contribution in [0.1, 0.15) is 17.5 Å². The average molecular weight is 372 g/mol. The summed E-state index contributed by atoms with van der Waals surface area (Å²) in [5, 5.41) is 12.1. The number of nitrogens with one attached hydrogen (secondary N) is 1. The molecule has 0 radical (unpaired) electrons. The number of carbonyl (C=O) groups excluding carboxylic acids is 1. The zero-order valence-corrected chi connectivity index (χ0v) is 14.9. The molecule has 142 valence electrons. The highest BCUT2D eigenvalue weighted by Gasteiger charge is 2.40. The van der Waals surface area contributed by atoms with E-state index >= 15 is 0 Å². The van der Waals surface area contributed by atoms with Gasteiger partial charge in [0, 0.05) is 12.1 Å². The first-order valence-electron chi connectivity index (χ1n) is 8.66. The van der Waals surface area contributed by atoms with Crippen LogP contribution in [0.2, 0.25) is 0 Å². The lowest BCUT2D eigenvalue weighted by Gasteiger charge is -2.20. The molecule has 1 saturated heterocycles. The van der Waals surface area contributed by atoms with Gasteiger partial charge < -0.3 is 15.2 Å². The molecule has 1 aliphatic heterocycles. The van der Waals surface area contributed by atoms with E-state index in [0.29, 0.717) is 17.9 Å². The van der Waals surface area contributed by atoms with Crippen molar-refractivity contribution in [1.82, 2.24) is 4.90 Å². The van der Waals surface area contributed by atoms with Gasteiger partial charge in [-0.15, -0.1) is 0 Å². The summed E-state index contributed by atoms with van der Waals surface area (Å²) in [5.41, 5.74) is 1.81. The fourth-order valence-corrected chi connectivity index (χ4v) is 3.11. The van der Waals surface area contributed by atoms with E-state index in [2.05, 4.69) is 5.32 Å². The standard InChI is InChI=1S/C20H21FN2O4/c1-13-9-15(7-8-17(13)21)22-19(24)18-10-16(11-23(18)20(25)26)27-12-14-5-3-2-4-6-14/h2-9,16,18H,10-12H2,1H3,(H,22,24)(H,25,26)/t16-,18-/m0/s1. The number of nitrogens with zero attached hydrogens (tertiary/aromatic N) is 1. The minimum atomic E-state index is -1.17. The fraction of sp³-hybridized carbons (Fsp3) is 0.300. The van der Waals surface area contributed by atoms with Crippen molar-refractivity contribution in [3.8, 4) is 0 Å². The lowest BCUT2D eigenvalue weighted by Crippen LogP contribution is -2.42. The molecule has 0 unspecified atom stereocenters. The van der Waals surface area contributed by atoms with E-state index in [9.17, 15) is 19.1 Å². The molecule has 1 aliphatic rings. The molecule has 0 aromatic heterocycles. The molecule has 3 rings (SSSR count). The second-order valence-corrected chi connectivity index (χ2v) is 6.56. The van der Waals surface area contributed by atoms with E-state index < -0.39 is 18.0 Å². The molecule has 7 heteroatoms. The number of halogens is 1. The van der Waals surface area contributed by atoms with Gasteiger partial charge in [-0.3, -0.25) is 9.69 Å². The van der Waals surface area contributed by atoms with Gasteiger partial charge in [0.15, 0.2) is 0 Å². The largest absolute Gasteiger partial charge is 0.465 e. The van der Waals surface area contributed by atoms with Crippen LogP contribution in [0.15, 0.2) is 48.5 Å². The maximum atomic E-state index is 13.4. The SMILES string of the molecule is Cc1cc(NC(=O)[C@@H]2C[C@H](OCc3ccccc3)CN2C(=O)O)ccc1F. The highest BCUT2D eigenvalue weighted by molar-refractivity contribution is 5.96. The number of anilines is 1. The molecule has 2 aromatic rings. The number of carboxylic acid groups (broad SMARTS) is 1. The molecule has 2 N–H and O–H groups in total. The highest BCUT2D eigenvalue weighted by atomic mass is 19.1. The summed E-state index contributed by atoms with van der Waals surface area (Å²) in [6.45, 7) is 2.07. The molecule has 0 aliphatic carbocycles. The van der Waals surface area contributed by atoms with E-state index in [4.69, 9.17) is 4.74 Å². The Morgan fingerprint density at radius 1 is 1.26 bits per heavy atom. The van der Waals surface area contributed by atoms with Crippen LogP contribution in [-0.4, -0.2) is 40.7 Å². The van der Waals surface area contributed by atoms with Crippen molar-refractivity contribution in [1.29, 1.82) is 0 Å². The third kappa shape index (κ3) is 4.62. The number of ether oxygens (including phenoxy) is 1. The van der Waals surface area contributed by atoms with Crippen LogP contribution in [0, 0.1) is 12.7 Å². The van der Waals surface area contributed by atoms with Gasteiger partial charge in [-0.2, -0.15) is 0 Å². The Morgan fingerprint density at radius 3 is 2.67 bits per heavy atom. The molecule has 2 atom stereocenters. The van der Waals surface area contributed by atoms with Crippen molar-refractivity contribution < 1.29 is 23.8 Å². The van der Waals surface area contributed by atoms with Crippen LogP contribution in [-0.2, 0) is 16.1 Å². The Morgan fingerprint density at radius 2 is 2.00 bits per heavy atom. The van der Waals surface area contributed by atoms with E-state index in [1.54, 1.807) is 6.92 Å². The Labute approximate surface area is 156 Å². The van der Waals surface area contributed by atoms with E-state index in [0.717, 1.165) is 10.5 Å². The topological polar surface area (TPSA) is 78.9 Å². The van der Waals surface area contributed by atoms with Gasteiger partial charge in [0.2, 0.25) is 5.91 Å². The zero-order valence-electron chi connectivity index (χ0n) is 14.9.